The van der Waals surface area contributed by atoms with E-state index in [0.717, 1.165) is 7.11 Å². The van der Waals surface area contributed by atoms with E-state index in [1.54, 1.807) is 0 Å². The summed E-state index contributed by atoms with van der Waals surface area (Å²) in [6.45, 7) is 2.71. The summed E-state index contributed by atoms with van der Waals surface area (Å²) in [4.78, 5) is 10.8. The first-order valence-corrected chi connectivity index (χ1v) is 6.17. The fourth-order valence-electron chi connectivity index (χ4n) is 1.29. The fourth-order valence-corrected chi connectivity index (χ4v) is 1.73. The van der Waals surface area contributed by atoms with E-state index >= 15 is 0 Å². The largest absolute Gasteiger partial charge is 0.482 e. The van der Waals surface area contributed by atoms with E-state index in [1.807, 2.05) is 0 Å². The molecule has 106 valence electrons. The van der Waals surface area contributed by atoms with E-state index in [4.69, 9.17) is 5.11 Å². The number of ether oxygens (including phenoxy) is 1. The van der Waals surface area contributed by atoms with Crippen molar-refractivity contribution in [2.24, 2.45) is 5.92 Å². The molecule has 0 rings (SSSR count). The maximum atomic E-state index is 12.8. The number of carbonyl (C=O) groups is 1. The molecule has 0 aromatic heterocycles. The van der Waals surface area contributed by atoms with Crippen LogP contribution in [0.5, 0.6) is 0 Å². The first kappa shape index (κ1) is 17.1. The van der Waals surface area contributed by atoms with Crippen molar-refractivity contribution in [1.82, 2.24) is 5.32 Å². The molecule has 2 N–H and O–H groups in total. The van der Waals surface area contributed by atoms with Crippen LogP contribution in [0.1, 0.15) is 13.8 Å². The summed E-state index contributed by atoms with van der Waals surface area (Å²) in [5.74, 6) is -2.69. The molecular weight excluding hydrogens is 319 g/mol. The Morgan fingerprint density at radius 2 is 1.94 bits per heavy atom. The zero-order valence-electron chi connectivity index (χ0n) is 10.1. The summed E-state index contributed by atoms with van der Waals surface area (Å²) in [7, 11) is 1.06. The summed E-state index contributed by atoms with van der Waals surface area (Å²) in [6.07, 6.45) is -4.58. The highest BCUT2D eigenvalue weighted by Crippen LogP contribution is 2.33. The number of methoxy groups -OCH3 is 1. The highest BCUT2D eigenvalue weighted by molar-refractivity contribution is 9.09. The summed E-state index contributed by atoms with van der Waals surface area (Å²) in [5, 5.41) is 11.0. The molecule has 0 saturated carbocycles. The molecule has 0 saturated heterocycles. The first-order valence-electron chi connectivity index (χ1n) is 5.05. The standard InChI is InChI=1S/C10H15BrF3NO3/c1-5(2)7(10(12,13)14)8(18-3)15-6(4-11)9(16)17/h5-6,15H,4H2,1-3H3,(H,16,17)/b8-7-. The lowest BCUT2D eigenvalue weighted by molar-refractivity contribution is -0.139. The van der Waals surface area contributed by atoms with E-state index in [2.05, 4.69) is 26.0 Å². The summed E-state index contributed by atoms with van der Waals surface area (Å²) >= 11 is 2.91. The zero-order chi connectivity index (χ0) is 14.5. The van der Waals surface area contributed by atoms with Gasteiger partial charge in [-0.05, 0) is 5.92 Å². The number of allylic oxidation sites excluding steroid dienone is 1. The van der Waals surface area contributed by atoms with Gasteiger partial charge in [-0.25, -0.2) is 4.79 Å². The third kappa shape index (κ3) is 4.75. The molecule has 0 aliphatic rings. The lowest BCUT2D eigenvalue weighted by Crippen LogP contribution is -2.40. The van der Waals surface area contributed by atoms with Gasteiger partial charge in [0, 0.05) is 5.33 Å². The molecule has 8 heteroatoms. The molecule has 0 spiro atoms. The van der Waals surface area contributed by atoms with E-state index in [0.29, 0.717) is 0 Å². The Labute approximate surface area is 111 Å². The second-order valence-electron chi connectivity index (χ2n) is 3.79. The fraction of sp³-hybridized carbons (Fsp3) is 0.700. The Morgan fingerprint density at radius 1 is 1.44 bits per heavy atom. The second kappa shape index (κ2) is 6.86. The van der Waals surface area contributed by atoms with Gasteiger partial charge in [-0.2, -0.15) is 13.2 Å². The minimum Gasteiger partial charge on any atom is -0.482 e. The third-order valence-electron chi connectivity index (χ3n) is 2.09. The molecule has 0 aromatic carbocycles. The molecule has 1 unspecified atom stereocenters. The van der Waals surface area contributed by atoms with Gasteiger partial charge in [0.05, 0.1) is 12.7 Å². The van der Waals surface area contributed by atoms with Crippen molar-refractivity contribution >= 4 is 21.9 Å². The normalized spacial score (nSPS) is 15.1. The van der Waals surface area contributed by atoms with Gasteiger partial charge < -0.3 is 15.2 Å². The Hall–Kier alpha value is -0.920. The summed E-state index contributed by atoms with van der Waals surface area (Å²) in [5.41, 5.74) is -0.919. The van der Waals surface area contributed by atoms with E-state index < -0.39 is 35.6 Å². The highest BCUT2D eigenvalue weighted by atomic mass is 79.9. The molecule has 0 heterocycles. The Bertz CT molecular complexity index is 329. The third-order valence-corrected chi connectivity index (χ3v) is 2.74. The average molecular weight is 334 g/mol. The molecular formula is C10H15BrF3NO3. The highest BCUT2D eigenvalue weighted by Gasteiger charge is 2.40. The van der Waals surface area contributed by atoms with Crippen LogP contribution >= 0.6 is 15.9 Å². The number of halogens is 4. The van der Waals surface area contributed by atoms with Crippen LogP contribution in [-0.4, -0.2) is 35.7 Å². The smallest absolute Gasteiger partial charge is 0.417 e. The summed E-state index contributed by atoms with van der Waals surface area (Å²) < 4.78 is 43.1. The van der Waals surface area contributed by atoms with Crippen LogP contribution in [0.3, 0.4) is 0 Å². The predicted octanol–water partition coefficient (Wildman–Crippen LogP) is 2.50. The number of hydrogen-bond acceptors (Lipinski definition) is 3. The van der Waals surface area contributed by atoms with Crippen LogP contribution in [-0.2, 0) is 9.53 Å². The van der Waals surface area contributed by atoms with E-state index in [9.17, 15) is 18.0 Å². The van der Waals surface area contributed by atoms with Crippen molar-refractivity contribution in [1.29, 1.82) is 0 Å². The average Bonchev–Trinajstić information content (AvgIpc) is 2.20. The molecule has 4 nitrogen and oxygen atoms in total. The van der Waals surface area contributed by atoms with Gasteiger partial charge in [0.15, 0.2) is 5.88 Å². The maximum absolute atomic E-state index is 12.8. The first-order chi connectivity index (χ1) is 8.15. The van der Waals surface area contributed by atoms with Crippen molar-refractivity contribution in [3.63, 3.8) is 0 Å². The number of carboxylic acid groups (broad SMARTS) is 1. The summed E-state index contributed by atoms with van der Waals surface area (Å²) in [6, 6.07) is -1.20. The Balaban J connectivity index is 5.40. The van der Waals surface area contributed by atoms with Crippen LogP contribution in [0.4, 0.5) is 13.2 Å². The zero-order valence-corrected chi connectivity index (χ0v) is 11.7. The van der Waals surface area contributed by atoms with Crippen LogP contribution in [0.2, 0.25) is 0 Å². The van der Waals surface area contributed by atoms with Gasteiger partial charge in [-0.15, -0.1) is 0 Å². The molecule has 0 aliphatic carbocycles. The SMILES string of the molecule is CO/C(NC(CBr)C(=O)O)=C(/C(C)C)C(F)(F)F. The predicted molar refractivity (Wildman–Crippen MR) is 63.3 cm³/mol. The van der Waals surface area contributed by atoms with Crippen molar-refractivity contribution in [3.05, 3.63) is 11.5 Å². The van der Waals surface area contributed by atoms with Gasteiger partial charge >= 0.3 is 12.1 Å². The molecule has 0 radical (unpaired) electrons. The minimum atomic E-state index is -4.58. The number of aliphatic carboxylic acids is 1. The number of alkyl halides is 4. The second-order valence-corrected chi connectivity index (χ2v) is 4.44. The molecule has 0 aliphatic heterocycles. The lowest BCUT2D eigenvalue weighted by atomic mass is 10.0. The van der Waals surface area contributed by atoms with Crippen molar-refractivity contribution < 1.29 is 27.8 Å². The molecule has 0 fully saturated rings. The number of rotatable bonds is 6. The monoisotopic (exact) mass is 333 g/mol. The van der Waals surface area contributed by atoms with Crippen molar-refractivity contribution in [3.8, 4) is 0 Å². The van der Waals surface area contributed by atoms with Crippen LogP contribution < -0.4 is 5.32 Å². The molecule has 1 atom stereocenters. The minimum absolute atomic E-state index is 0.0432. The molecule has 0 bridgehead atoms. The Kier molecular flexibility index (Phi) is 6.51. The van der Waals surface area contributed by atoms with Gasteiger partial charge in [0.2, 0.25) is 0 Å². The maximum Gasteiger partial charge on any atom is 0.417 e. The molecule has 0 amide bonds. The van der Waals surface area contributed by atoms with Crippen LogP contribution in [0.25, 0.3) is 0 Å². The molecule has 18 heavy (non-hydrogen) atoms. The number of carboxylic acids is 1. The van der Waals surface area contributed by atoms with Gasteiger partial charge in [0.1, 0.15) is 6.04 Å². The lowest BCUT2D eigenvalue weighted by Gasteiger charge is -2.22. The van der Waals surface area contributed by atoms with Gasteiger partial charge in [-0.3, -0.25) is 0 Å². The quantitative estimate of drug-likeness (QED) is 0.579. The van der Waals surface area contributed by atoms with Gasteiger partial charge in [0.25, 0.3) is 0 Å². The van der Waals surface area contributed by atoms with Crippen LogP contribution in [0, 0.1) is 5.92 Å². The van der Waals surface area contributed by atoms with Crippen molar-refractivity contribution in [2.45, 2.75) is 26.1 Å². The van der Waals surface area contributed by atoms with Gasteiger partial charge in [-0.1, -0.05) is 29.8 Å². The van der Waals surface area contributed by atoms with Crippen molar-refractivity contribution in [2.75, 3.05) is 12.4 Å². The topological polar surface area (TPSA) is 58.6 Å². The van der Waals surface area contributed by atoms with E-state index in [1.165, 1.54) is 13.8 Å². The van der Waals surface area contributed by atoms with E-state index in [-0.39, 0.29) is 5.33 Å². The van der Waals surface area contributed by atoms with Crippen LogP contribution in [0.15, 0.2) is 11.5 Å². The number of hydrogen-bond donors (Lipinski definition) is 2. The Morgan fingerprint density at radius 3 is 2.17 bits per heavy atom. The number of nitrogens with one attached hydrogen (secondary N) is 1. The molecule has 0 aromatic rings.